The maximum absolute atomic E-state index is 14.7. The van der Waals surface area contributed by atoms with Crippen LogP contribution in [0.3, 0.4) is 0 Å². The molecule has 4 rings (SSSR count). The van der Waals surface area contributed by atoms with E-state index in [0.29, 0.717) is 16.4 Å². The molecule has 0 spiro atoms. The molecule has 1 unspecified atom stereocenters. The molecule has 10 heteroatoms. The molecule has 0 saturated carbocycles. The zero-order chi connectivity index (χ0) is 24.1. The van der Waals surface area contributed by atoms with Gasteiger partial charge in [-0.15, -0.1) is 4.31 Å². The molecular formula is C23H28ClF2N5OS. The predicted octanol–water partition coefficient (Wildman–Crippen LogP) is 5.56. The molecule has 0 amide bonds. The largest absolute Gasteiger partial charge is 0.597 e. The summed E-state index contributed by atoms with van der Waals surface area (Å²) in [7, 11) is 1.49. The summed E-state index contributed by atoms with van der Waals surface area (Å²) in [6.45, 7) is 6.97. The number of nitrogens with zero attached hydrogens (tertiary/aromatic N) is 5. The molecule has 0 fully saturated rings. The van der Waals surface area contributed by atoms with Gasteiger partial charge in [0.2, 0.25) is 0 Å². The zero-order valence-corrected chi connectivity index (χ0v) is 20.9. The average molecular weight is 496 g/mol. The summed E-state index contributed by atoms with van der Waals surface area (Å²) in [5.74, 6) is -3.08. The molecule has 3 aromatic rings. The molecular weight excluding hydrogens is 468 g/mol. The number of anilines is 2. The number of hydrogen-bond acceptors (Lipinski definition) is 5. The molecule has 1 aromatic carbocycles. The smallest absolute Gasteiger partial charge is 0.269 e. The van der Waals surface area contributed by atoms with Crippen LogP contribution in [0.25, 0.3) is 5.65 Å². The summed E-state index contributed by atoms with van der Waals surface area (Å²) >= 11 is 4.47. The van der Waals surface area contributed by atoms with Gasteiger partial charge in [-0.1, -0.05) is 23.7 Å². The number of fused-ring (bicyclic) bond motifs is 3. The Bertz CT molecular complexity index is 1140. The van der Waals surface area contributed by atoms with Gasteiger partial charge >= 0.3 is 0 Å². The number of hydrogen-bond donors (Lipinski definition) is 0. The van der Waals surface area contributed by atoms with Crippen molar-refractivity contribution >= 4 is 40.0 Å². The van der Waals surface area contributed by atoms with Crippen LogP contribution in [0.15, 0.2) is 36.5 Å². The van der Waals surface area contributed by atoms with E-state index in [1.165, 1.54) is 11.4 Å². The zero-order valence-electron chi connectivity index (χ0n) is 19.3. The van der Waals surface area contributed by atoms with Crippen molar-refractivity contribution in [3.8, 4) is 0 Å². The molecule has 178 valence electrons. The first-order valence-electron chi connectivity index (χ1n) is 10.8. The third-order valence-corrected chi connectivity index (χ3v) is 7.73. The number of alkyl halides is 2. The Kier molecular flexibility index (Phi) is 6.37. The van der Waals surface area contributed by atoms with Gasteiger partial charge in [0, 0.05) is 43.6 Å². The summed E-state index contributed by atoms with van der Waals surface area (Å²) in [6, 6.07) is 7.46. The molecule has 0 saturated heterocycles. The van der Waals surface area contributed by atoms with Crippen LogP contribution in [0.2, 0.25) is 5.15 Å². The maximum Gasteiger partial charge on any atom is 0.269 e. The van der Waals surface area contributed by atoms with E-state index in [1.807, 2.05) is 12.1 Å². The van der Waals surface area contributed by atoms with Crippen LogP contribution in [-0.2, 0) is 17.8 Å². The Morgan fingerprint density at radius 2 is 1.85 bits per heavy atom. The lowest BCUT2D eigenvalue weighted by Gasteiger charge is -2.37. The summed E-state index contributed by atoms with van der Waals surface area (Å²) in [4.78, 5) is 6.58. The highest BCUT2D eigenvalue weighted by molar-refractivity contribution is 7.90. The fourth-order valence-corrected chi connectivity index (χ4v) is 5.92. The number of halogens is 3. The van der Waals surface area contributed by atoms with Crippen molar-refractivity contribution in [1.29, 1.82) is 0 Å². The van der Waals surface area contributed by atoms with Crippen LogP contribution < -0.4 is 4.90 Å². The van der Waals surface area contributed by atoms with Gasteiger partial charge in [0.15, 0.2) is 10.8 Å². The maximum atomic E-state index is 14.7. The SMILES string of the molecule is CN([C@@H](c1ccc(N2CCCc3c2cnc2cc(Cl)nn32)cc1)C(C)(F)F)[S+]([O-])C(C)(C)C. The summed E-state index contributed by atoms with van der Waals surface area (Å²) in [5.41, 5.74) is 3.91. The third-order valence-electron chi connectivity index (χ3n) is 5.77. The first-order chi connectivity index (χ1) is 15.4. The van der Waals surface area contributed by atoms with E-state index >= 15 is 0 Å². The summed E-state index contributed by atoms with van der Waals surface area (Å²) in [6.07, 6.45) is 3.56. The van der Waals surface area contributed by atoms with E-state index < -0.39 is 28.1 Å². The monoisotopic (exact) mass is 495 g/mol. The molecule has 0 bridgehead atoms. The second-order valence-corrected chi connectivity index (χ2v) is 12.1. The number of aryl methyl sites for hydroxylation is 1. The number of benzene rings is 1. The molecule has 0 radical (unpaired) electrons. The standard InChI is InChI=1S/C23H28ClF2N5OS/c1-22(2,3)33(32)29(5)21(23(4,25)26)15-8-10-16(11-9-15)30-12-6-7-17-18(30)14-27-20-13-19(24)28-31(17)20/h8-11,13-14,21H,6-7,12H2,1-5H3/t21-,33?/m0/s1. The summed E-state index contributed by atoms with van der Waals surface area (Å²) in [5, 5.41) is 4.74. The summed E-state index contributed by atoms with van der Waals surface area (Å²) < 4.78 is 44.6. The van der Waals surface area contributed by atoms with Crippen LogP contribution in [0.4, 0.5) is 20.2 Å². The van der Waals surface area contributed by atoms with Crippen LogP contribution in [-0.4, -0.2) is 47.7 Å². The van der Waals surface area contributed by atoms with Crippen molar-refractivity contribution in [2.75, 3.05) is 18.5 Å². The average Bonchev–Trinajstić information content (AvgIpc) is 3.12. The highest BCUT2D eigenvalue weighted by Crippen LogP contribution is 2.40. The number of aromatic nitrogens is 3. The third kappa shape index (κ3) is 4.69. The molecule has 2 aromatic heterocycles. The van der Waals surface area contributed by atoms with Gasteiger partial charge in [0.25, 0.3) is 5.92 Å². The Hall–Kier alpha value is -1.94. The highest BCUT2D eigenvalue weighted by Gasteiger charge is 2.46. The minimum atomic E-state index is -3.08. The fraction of sp³-hybridized carbons (Fsp3) is 0.478. The molecule has 0 aliphatic carbocycles. The van der Waals surface area contributed by atoms with Gasteiger partial charge in [0.1, 0.15) is 10.8 Å². The molecule has 1 aliphatic rings. The van der Waals surface area contributed by atoms with E-state index in [1.54, 1.807) is 49.7 Å². The second-order valence-electron chi connectivity index (χ2n) is 9.44. The Morgan fingerprint density at radius 1 is 1.18 bits per heavy atom. The fourth-order valence-electron chi connectivity index (χ4n) is 4.38. The minimum Gasteiger partial charge on any atom is -0.597 e. The van der Waals surface area contributed by atoms with Crippen molar-refractivity contribution < 1.29 is 13.3 Å². The normalized spacial score (nSPS) is 16.8. The molecule has 3 heterocycles. The molecule has 1 aliphatic heterocycles. The van der Waals surface area contributed by atoms with Crippen molar-refractivity contribution in [1.82, 2.24) is 18.9 Å². The highest BCUT2D eigenvalue weighted by atomic mass is 35.5. The van der Waals surface area contributed by atoms with Gasteiger partial charge < -0.3 is 9.45 Å². The van der Waals surface area contributed by atoms with E-state index in [0.717, 1.165) is 43.4 Å². The Labute approximate surface area is 200 Å². The van der Waals surface area contributed by atoms with Gasteiger partial charge in [-0.05, 0) is 51.3 Å². The second kappa shape index (κ2) is 8.69. The van der Waals surface area contributed by atoms with E-state index in [2.05, 4.69) is 15.0 Å². The van der Waals surface area contributed by atoms with E-state index in [9.17, 15) is 13.3 Å². The van der Waals surface area contributed by atoms with Crippen LogP contribution in [0.5, 0.6) is 0 Å². The lowest BCUT2D eigenvalue weighted by molar-refractivity contribution is -0.0405. The van der Waals surface area contributed by atoms with Crippen molar-refractivity contribution in [3.05, 3.63) is 52.9 Å². The Morgan fingerprint density at radius 3 is 2.45 bits per heavy atom. The van der Waals surface area contributed by atoms with Crippen LogP contribution in [0, 0.1) is 0 Å². The first kappa shape index (κ1) is 24.2. The lowest BCUT2D eigenvalue weighted by atomic mass is 10.0. The van der Waals surface area contributed by atoms with Crippen molar-refractivity contribution in [2.45, 2.75) is 57.2 Å². The van der Waals surface area contributed by atoms with Crippen molar-refractivity contribution in [2.24, 2.45) is 0 Å². The molecule has 33 heavy (non-hydrogen) atoms. The van der Waals surface area contributed by atoms with Gasteiger partial charge in [-0.3, -0.25) is 0 Å². The van der Waals surface area contributed by atoms with Gasteiger partial charge in [-0.2, -0.15) is 5.10 Å². The lowest BCUT2D eigenvalue weighted by Crippen LogP contribution is -2.47. The van der Waals surface area contributed by atoms with Crippen LogP contribution in [0.1, 0.15) is 51.4 Å². The van der Waals surface area contributed by atoms with Gasteiger partial charge in [0.05, 0.1) is 17.6 Å². The van der Waals surface area contributed by atoms with Crippen LogP contribution >= 0.6 is 11.6 Å². The quantitative estimate of drug-likeness (QED) is 0.434. The number of rotatable bonds is 5. The van der Waals surface area contributed by atoms with E-state index in [-0.39, 0.29) is 0 Å². The molecule has 2 atom stereocenters. The minimum absolute atomic E-state index is 0.390. The van der Waals surface area contributed by atoms with Crippen molar-refractivity contribution in [3.63, 3.8) is 0 Å². The predicted molar refractivity (Wildman–Crippen MR) is 129 cm³/mol. The first-order valence-corrected chi connectivity index (χ1v) is 12.3. The van der Waals surface area contributed by atoms with E-state index in [4.69, 9.17) is 11.6 Å². The molecule has 6 nitrogen and oxygen atoms in total. The topological polar surface area (TPSA) is 59.7 Å². The molecule has 0 N–H and O–H groups in total. The van der Waals surface area contributed by atoms with Gasteiger partial charge in [-0.25, -0.2) is 18.3 Å². The Balaban J connectivity index is 1.68.